The summed E-state index contributed by atoms with van der Waals surface area (Å²) in [6.45, 7) is 4.18. The number of nitrogens with one attached hydrogen (secondary N) is 1. The van der Waals surface area contributed by atoms with Crippen LogP contribution in [0.15, 0.2) is 18.2 Å². The van der Waals surface area contributed by atoms with Crippen LogP contribution in [0.1, 0.15) is 38.2 Å². The molecule has 0 saturated heterocycles. The normalized spacial score (nSPS) is 22.4. The van der Waals surface area contributed by atoms with Gasteiger partial charge < -0.3 is 10.1 Å². The van der Waals surface area contributed by atoms with E-state index in [4.69, 9.17) is 16.3 Å². The van der Waals surface area contributed by atoms with Gasteiger partial charge in [0.05, 0.1) is 0 Å². The maximum absolute atomic E-state index is 11.9. The van der Waals surface area contributed by atoms with Gasteiger partial charge in [0.2, 0.25) is 0 Å². The molecule has 1 N–H and O–H groups in total. The van der Waals surface area contributed by atoms with E-state index in [1.165, 1.54) is 19.3 Å². The summed E-state index contributed by atoms with van der Waals surface area (Å²) in [5.41, 5.74) is 0.950. The van der Waals surface area contributed by atoms with E-state index in [1.54, 1.807) is 12.1 Å². The van der Waals surface area contributed by atoms with Crippen molar-refractivity contribution >= 4 is 17.5 Å². The maximum atomic E-state index is 11.9. The lowest BCUT2D eigenvalue weighted by Crippen LogP contribution is -2.43. The largest absolute Gasteiger partial charge is 0.484 e. The van der Waals surface area contributed by atoms with Gasteiger partial charge in [0.25, 0.3) is 5.91 Å². The van der Waals surface area contributed by atoms with Crippen molar-refractivity contribution in [3.8, 4) is 5.75 Å². The van der Waals surface area contributed by atoms with Crippen molar-refractivity contribution in [3.05, 3.63) is 28.8 Å². The molecule has 2 atom stereocenters. The predicted molar refractivity (Wildman–Crippen MR) is 81.2 cm³/mol. The third kappa shape index (κ3) is 4.14. The molecule has 1 aliphatic carbocycles. The molecule has 0 aromatic heterocycles. The lowest BCUT2D eigenvalue weighted by molar-refractivity contribution is -0.124. The number of aryl methyl sites for hydroxylation is 1. The van der Waals surface area contributed by atoms with Crippen LogP contribution in [0.5, 0.6) is 5.75 Å². The molecule has 1 aromatic rings. The first-order chi connectivity index (χ1) is 9.56. The van der Waals surface area contributed by atoms with Gasteiger partial charge in [0.15, 0.2) is 6.61 Å². The minimum Gasteiger partial charge on any atom is -0.484 e. The number of carbonyl (C=O) groups excluding carboxylic acids is 1. The first-order valence-corrected chi connectivity index (χ1v) is 7.62. The summed E-state index contributed by atoms with van der Waals surface area (Å²) in [5.74, 6) is 1.19. The predicted octanol–water partition coefficient (Wildman–Crippen LogP) is 3.72. The zero-order chi connectivity index (χ0) is 14.5. The molecule has 1 fully saturated rings. The van der Waals surface area contributed by atoms with Crippen molar-refractivity contribution in [1.29, 1.82) is 0 Å². The van der Waals surface area contributed by atoms with E-state index in [-0.39, 0.29) is 12.5 Å². The number of carbonyl (C=O) groups is 1. The Hall–Kier alpha value is -1.22. The van der Waals surface area contributed by atoms with Crippen LogP contribution >= 0.6 is 11.6 Å². The first-order valence-electron chi connectivity index (χ1n) is 7.24. The van der Waals surface area contributed by atoms with E-state index in [9.17, 15) is 4.79 Å². The van der Waals surface area contributed by atoms with Crippen molar-refractivity contribution in [2.24, 2.45) is 5.92 Å². The standard InChI is InChI=1S/C16H22ClNO2/c1-11-5-3-4-6-15(11)18-16(19)10-20-13-7-8-14(17)12(2)9-13/h7-9,11,15H,3-6,10H2,1-2H3,(H,18,19)/t11-,15-/m0/s1. The molecule has 0 aliphatic heterocycles. The lowest BCUT2D eigenvalue weighted by Gasteiger charge is -2.29. The molecule has 4 heteroatoms. The summed E-state index contributed by atoms with van der Waals surface area (Å²) in [6, 6.07) is 5.71. The Morgan fingerprint density at radius 2 is 2.15 bits per heavy atom. The summed E-state index contributed by atoms with van der Waals surface area (Å²) >= 11 is 5.95. The molecule has 1 aliphatic rings. The molecular weight excluding hydrogens is 274 g/mol. The van der Waals surface area contributed by atoms with Gasteiger partial charge in [0, 0.05) is 11.1 Å². The van der Waals surface area contributed by atoms with Crippen molar-refractivity contribution in [2.75, 3.05) is 6.61 Å². The minimum absolute atomic E-state index is 0.0450. The Morgan fingerprint density at radius 1 is 1.40 bits per heavy atom. The topological polar surface area (TPSA) is 38.3 Å². The van der Waals surface area contributed by atoms with E-state index in [0.29, 0.717) is 22.7 Å². The van der Waals surface area contributed by atoms with Gasteiger partial charge in [-0.15, -0.1) is 0 Å². The Balaban J connectivity index is 1.81. The number of amides is 1. The van der Waals surface area contributed by atoms with E-state index < -0.39 is 0 Å². The van der Waals surface area contributed by atoms with Gasteiger partial charge in [-0.05, 0) is 49.4 Å². The van der Waals surface area contributed by atoms with E-state index in [0.717, 1.165) is 12.0 Å². The molecular formula is C16H22ClNO2. The average molecular weight is 296 g/mol. The zero-order valence-electron chi connectivity index (χ0n) is 12.1. The molecule has 0 spiro atoms. The number of rotatable bonds is 4. The number of hydrogen-bond acceptors (Lipinski definition) is 2. The van der Waals surface area contributed by atoms with Crippen molar-refractivity contribution in [3.63, 3.8) is 0 Å². The van der Waals surface area contributed by atoms with E-state index >= 15 is 0 Å². The Bertz CT molecular complexity index is 476. The molecule has 1 amide bonds. The lowest BCUT2D eigenvalue weighted by atomic mass is 9.86. The second-order valence-electron chi connectivity index (χ2n) is 5.64. The van der Waals surface area contributed by atoms with E-state index in [2.05, 4.69) is 12.2 Å². The molecule has 20 heavy (non-hydrogen) atoms. The SMILES string of the molecule is Cc1cc(OCC(=O)N[C@H]2CCCC[C@@H]2C)ccc1Cl. The van der Waals surface area contributed by atoms with Crippen molar-refractivity contribution in [1.82, 2.24) is 5.32 Å². The second-order valence-corrected chi connectivity index (χ2v) is 6.04. The highest BCUT2D eigenvalue weighted by molar-refractivity contribution is 6.31. The highest BCUT2D eigenvalue weighted by atomic mass is 35.5. The zero-order valence-corrected chi connectivity index (χ0v) is 12.9. The number of ether oxygens (including phenoxy) is 1. The number of benzene rings is 1. The van der Waals surface area contributed by atoms with E-state index in [1.807, 2.05) is 13.0 Å². The Kier molecular flexibility index (Phi) is 5.30. The first kappa shape index (κ1) is 15.2. The van der Waals surface area contributed by atoms with Gasteiger partial charge in [0.1, 0.15) is 5.75 Å². The van der Waals surface area contributed by atoms with Gasteiger partial charge >= 0.3 is 0 Å². The molecule has 110 valence electrons. The van der Waals surface area contributed by atoms with Crippen LogP contribution in [0.2, 0.25) is 5.02 Å². The molecule has 0 heterocycles. The second kappa shape index (κ2) is 6.98. The minimum atomic E-state index is -0.0450. The fraction of sp³-hybridized carbons (Fsp3) is 0.562. The van der Waals surface area contributed by atoms with Gasteiger partial charge in [-0.1, -0.05) is 31.4 Å². The molecule has 0 radical (unpaired) electrons. The summed E-state index contributed by atoms with van der Waals surface area (Å²) in [7, 11) is 0. The summed E-state index contributed by atoms with van der Waals surface area (Å²) in [6.07, 6.45) is 4.75. The highest BCUT2D eigenvalue weighted by Crippen LogP contribution is 2.24. The fourth-order valence-electron chi connectivity index (χ4n) is 2.63. The molecule has 0 bridgehead atoms. The van der Waals surface area contributed by atoms with Crippen molar-refractivity contribution < 1.29 is 9.53 Å². The van der Waals surface area contributed by atoms with Gasteiger partial charge in [-0.25, -0.2) is 0 Å². The summed E-state index contributed by atoms with van der Waals surface area (Å²) in [5, 5.41) is 3.78. The quantitative estimate of drug-likeness (QED) is 0.919. The molecule has 0 unspecified atom stereocenters. The van der Waals surface area contributed by atoms with Crippen LogP contribution < -0.4 is 10.1 Å². The smallest absolute Gasteiger partial charge is 0.258 e. The summed E-state index contributed by atoms with van der Waals surface area (Å²) < 4.78 is 5.51. The van der Waals surface area contributed by atoms with Gasteiger partial charge in [-0.3, -0.25) is 4.79 Å². The fourth-order valence-corrected chi connectivity index (χ4v) is 2.75. The van der Waals surface area contributed by atoms with Crippen LogP contribution in [0.25, 0.3) is 0 Å². The van der Waals surface area contributed by atoms with Crippen LogP contribution in [-0.2, 0) is 4.79 Å². The van der Waals surface area contributed by atoms with Gasteiger partial charge in [-0.2, -0.15) is 0 Å². The Labute approximate surface area is 125 Å². The summed E-state index contributed by atoms with van der Waals surface area (Å²) in [4.78, 5) is 11.9. The van der Waals surface area contributed by atoms with Crippen LogP contribution in [0.3, 0.4) is 0 Å². The average Bonchev–Trinajstić information content (AvgIpc) is 2.43. The third-order valence-electron chi connectivity index (χ3n) is 3.96. The number of halogens is 1. The van der Waals surface area contributed by atoms with Crippen LogP contribution in [0.4, 0.5) is 0 Å². The highest BCUT2D eigenvalue weighted by Gasteiger charge is 2.22. The number of hydrogen-bond donors (Lipinski definition) is 1. The monoisotopic (exact) mass is 295 g/mol. The van der Waals surface area contributed by atoms with Crippen LogP contribution in [0, 0.1) is 12.8 Å². The molecule has 1 aromatic carbocycles. The molecule has 3 nitrogen and oxygen atoms in total. The maximum Gasteiger partial charge on any atom is 0.258 e. The molecule has 2 rings (SSSR count). The third-order valence-corrected chi connectivity index (χ3v) is 4.38. The Morgan fingerprint density at radius 3 is 2.85 bits per heavy atom. The van der Waals surface area contributed by atoms with Crippen molar-refractivity contribution in [2.45, 2.75) is 45.6 Å². The van der Waals surface area contributed by atoms with Crippen LogP contribution in [-0.4, -0.2) is 18.6 Å². The molecule has 1 saturated carbocycles.